The molecule has 1 aliphatic heterocycles. The second-order valence-electron chi connectivity index (χ2n) is 4.39. The van der Waals surface area contributed by atoms with Gasteiger partial charge in [-0.25, -0.2) is 4.79 Å². The van der Waals surface area contributed by atoms with Crippen molar-refractivity contribution in [3.05, 3.63) is 32.1 Å². The molecule has 1 aliphatic rings. The molecule has 0 aliphatic carbocycles. The van der Waals surface area contributed by atoms with Gasteiger partial charge in [-0.3, -0.25) is 14.7 Å². The maximum absolute atomic E-state index is 11.7. The minimum atomic E-state index is -0.436. The number of aromatic nitrogens is 2. The Kier molecular flexibility index (Phi) is 3.75. The third-order valence-electron chi connectivity index (χ3n) is 3.07. The van der Waals surface area contributed by atoms with E-state index in [4.69, 9.17) is 0 Å². The standard InChI is InChI=1S/C11H18N4O2/c1-8-9(10(16)14-11(17)13-8)7-15-5-2-3-12-4-6-15/h12H,2-7H2,1H3,(H2,13,14,16,17). The third kappa shape index (κ3) is 3.04. The van der Waals surface area contributed by atoms with Gasteiger partial charge in [0.15, 0.2) is 0 Å². The first-order valence-corrected chi connectivity index (χ1v) is 5.92. The zero-order valence-electron chi connectivity index (χ0n) is 10.0. The Morgan fingerprint density at radius 1 is 1.18 bits per heavy atom. The zero-order valence-corrected chi connectivity index (χ0v) is 10.0. The fraction of sp³-hybridized carbons (Fsp3) is 0.636. The largest absolute Gasteiger partial charge is 0.325 e. The molecule has 1 aromatic rings. The summed E-state index contributed by atoms with van der Waals surface area (Å²) in [6, 6.07) is 0. The van der Waals surface area contributed by atoms with Gasteiger partial charge in [0.05, 0.1) is 5.56 Å². The minimum absolute atomic E-state index is 0.275. The summed E-state index contributed by atoms with van der Waals surface area (Å²) in [6.07, 6.45) is 1.08. The van der Waals surface area contributed by atoms with Crippen LogP contribution in [0.1, 0.15) is 17.7 Å². The van der Waals surface area contributed by atoms with Crippen LogP contribution in [0.25, 0.3) is 0 Å². The summed E-state index contributed by atoms with van der Waals surface area (Å²) >= 11 is 0. The topological polar surface area (TPSA) is 81.0 Å². The maximum Gasteiger partial charge on any atom is 0.325 e. The molecule has 0 aromatic carbocycles. The number of H-pyrrole nitrogens is 2. The quantitative estimate of drug-likeness (QED) is 0.628. The minimum Gasteiger partial charge on any atom is -0.315 e. The lowest BCUT2D eigenvalue weighted by Gasteiger charge is -2.19. The molecule has 1 fully saturated rings. The van der Waals surface area contributed by atoms with Crippen LogP contribution in [0.4, 0.5) is 0 Å². The van der Waals surface area contributed by atoms with Crippen molar-refractivity contribution in [2.45, 2.75) is 19.9 Å². The SMILES string of the molecule is Cc1[nH]c(=O)[nH]c(=O)c1CN1CCCNCC1. The van der Waals surface area contributed by atoms with E-state index in [2.05, 4.69) is 20.2 Å². The van der Waals surface area contributed by atoms with Gasteiger partial charge >= 0.3 is 5.69 Å². The highest BCUT2D eigenvalue weighted by Crippen LogP contribution is 2.03. The highest BCUT2D eigenvalue weighted by Gasteiger charge is 2.13. The van der Waals surface area contributed by atoms with Gasteiger partial charge in [-0.05, 0) is 26.4 Å². The number of nitrogens with one attached hydrogen (secondary N) is 3. The molecule has 6 nitrogen and oxygen atoms in total. The Labute approximate surface area is 99.1 Å². The molecule has 0 radical (unpaired) electrons. The number of rotatable bonds is 2. The van der Waals surface area contributed by atoms with E-state index in [1.165, 1.54) is 0 Å². The summed E-state index contributed by atoms with van der Waals surface area (Å²) < 4.78 is 0. The molecular weight excluding hydrogens is 220 g/mol. The number of hydrogen-bond acceptors (Lipinski definition) is 4. The van der Waals surface area contributed by atoms with E-state index in [0.29, 0.717) is 17.8 Å². The van der Waals surface area contributed by atoms with E-state index < -0.39 is 5.69 Å². The van der Waals surface area contributed by atoms with Crippen molar-refractivity contribution in [2.75, 3.05) is 26.2 Å². The van der Waals surface area contributed by atoms with Crippen LogP contribution in [-0.4, -0.2) is 41.0 Å². The summed E-state index contributed by atoms with van der Waals surface area (Å²) in [5.74, 6) is 0. The molecule has 3 N–H and O–H groups in total. The predicted octanol–water partition coefficient (Wildman–Crippen LogP) is -0.833. The zero-order chi connectivity index (χ0) is 12.3. The van der Waals surface area contributed by atoms with Crippen molar-refractivity contribution >= 4 is 0 Å². The van der Waals surface area contributed by atoms with Crippen LogP contribution in [0.15, 0.2) is 9.59 Å². The highest BCUT2D eigenvalue weighted by molar-refractivity contribution is 5.14. The van der Waals surface area contributed by atoms with Gasteiger partial charge in [0, 0.05) is 25.3 Å². The first kappa shape index (κ1) is 12.1. The van der Waals surface area contributed by atoms with Crippen LogP contribution in [-0.2, 0) is 6.54 Å². The van der Waals surface area contributed by atoms with Crippen LogP contribution in [0.3, 0.4) is 0 Å². The van der Waals surface area contributed by atoms with Crippen molar-refractivity contribution in [1.29, 1.82) is 0 Å². The van der Waals surface area contributed by atoms with Crippen molar-refractivity contribution < 1.29 is 0 Å². The average molecular weight is 238 g/mol. The molecule has 0 atom stereocenters. The Morgan fingerprint density at radius 3 is 2.76 bits per heavy atom. The van der Waals surface area contributed by atoms with E-state index in [-0.39, 0.29) is 5.56 Å². The lowest BCUT2D eigenvalue weighted by atomic mass is 10.2. The Bertz CT molecular complexity index is 483. The van der Waals surface area contributed by atoms with Gasteiger partial charge < -0.3 is 10.3 Å². The smallest absolute Gasteiger partial charge is 0.315 e. The molecule has 0 bridgehead atoms. The van der Waals surface area contributed by atoms with Crippen LogP contribution in [0.5, 0.6) is 0 Å². The van der Waals surface area contributed by atoms with Crippen LogP contribution < -0.4 is 16.6 Å². The predicted molar refractivity (Wildman–Crippen MR) is 65.2 cm³/mol. The highest BCUT2D eigenvalue weighted by atomic mass is 16.2. The summed E-state index contributed by atoms with van der Waals surface area (Å²) in [6.45, 7) is 6.24. The van der Waals surface area contributed by atoms with E-state index in [1.54, 1.807) is 6.92 Å². The van der Waals surface area contributed by atoms with Crippen LogP contribution >= 0.6 is 0 Å². The molecule has 0 amide bonds. The summed E-state index contributed by atoms with van der Waals surface area (Å²) in [7, 11) is 0. The first-order chi connectivity index (χ1) is 8.16. The molecular formula is C11H18N4O2. The fourth-order valence-corrected chi connectivity index (χ4v) is 2.10. The van der Waals surface area contributed by atoms with Crippen molar-refractivity contribution in [2.24, 2.45) is 0 Å². The number of aryl methyl sites for hydroxylation is 1. The summed E-state index contributed by atoms with van der Waals surface area (Å²) in [4.78, 5) is 29.9. The van der Waals surface area contributed by atoms with Crippen molar-refractivity contribution in [3.63, 3.8) is 0 Å². The molecule has 0 unspecified atom stereocenters. The molecule has 2 rings (SSSR count). The third-order valence-corrected chi connectivity index (χ3v) is 3.07. The summed E-state index contributed by atoms with van der Waals surface area (Å²) in [5, 5.41) is 3.32. The van der Waals surface area contributed by atoms with Crippen molar-refractivity contribution in [3.8, 4) is 0 Å². The van der Waals surface area contributed by atoms with E-state index in [0.717, 1.165) is 32.6 Å². The number of hydrogen-bond donors (Lipinski definition) is 3. The van der Waals surface area contributed by atoms with Gasteiger partial charge in [-0.1, -0.05) is 0 Å². The summed E-state index contributed by atoms with van der Waals surface area (Å²) in [5.41, 5.74) is 0.611. The normalized spacial score (nSPS) is 17.9. The van der Waals surface area contributed by atoms with Gasteiger partial charge in [-0.2, -0.15) is 0 Å². The monoisotopic (exact) mass is 238 g/mol. The van der Waals surface area contributed by atoms with Gasteiger partial charge in [0.1, 0.15) is 0 Å². The van der Waals surface area contributed by atoms with E-state index >= 15 is 0 Å². The Hall–Kier alpha value is -1.40. The molecule has 0 spiro atoms. The Morgan fingerprint density at radius 2 is 2.00 bits per heavy atom. The van der Waals surface area contributed by atoms with Gasteiger partial charge in [0.2, 0.25) is 0 Å². The molecule has 2 heterocycles. The lowest BCUT2D eigenvalue weighted by Crippen LogP contribution is -2.34. The molecule has 17 heavy (non-hydrogen) atoms. The van der Waals surface area contributed by atoms with Gasteiger partial charge in [-0.15, -0.1) is 0 Å². The molecule has 94 valence electrons. The fourth-order valence-electron chi connectivity index (χ4n) is 2.10. The second kappa shape index (κ2) is 5.29. The molecule has 1 saturated heterocycles. The number of aromatic amines is 2. The van der Waals surface area contributed by atoms with E-state index in [1.807, 2.05) is 0 Å². The average Bonchev–Trinajstić information content (AvgIpc) is 2.51. The molecule has 6 heteroatoms. The van der Waals surface area contributed by atoms with Gasteiger partial charge in [0.25, 0.3) is 5.56 Å². The molecule has 0 saturated carbocycles. The second-order valence-corrected chi connectivity index (χ2v) is 4.39. The van der Waals surface area contributed by atoms with Crippen LogP contribution in [0, 0.1) is 6.92 Å². The Balaban J connectivity index is 2.17. The number of nitrogens with zero attached hydrogens (tertiary/aromatic N) is 1. The first-order valence-electron chi connectivity index (χ1n) is 5.92. The lowest BCUT2D eigenvalue weighted by molar-refractivity contribution is 0.282. The van der Waals surface area contributed by atoms with Crippen LogP contribution in [0.2, 0.25) is 0 Å². The van der Waals surface area contributed by atoms with Crippen molar-refractivity contribution in [1.82, 2.24) is 20.2 Å². The van der Waals surface area contributed by atoms with E-state index in [9.17, 15) is 9.59 Å². The molecule has 1 aromatic heterocycles. The maximum atomic E-state index is 11.7.